The third-order valence-corrected chi connectivity index (χ3v) is 8.45. The van der Waals surface area contributed by atoms with Crippen molar-refractivity contribution in [1.29, 1.82) is 0 Å². The largest absolute Gasteiger partial charge is 0.462 e. The second kappa shape index (κ2) is 21.5. The molecule has 0 fully saturated rings. The van der Waals surface area contributed by atoms with E-state index in [-0.39, 0.29) is 38.6 Å². The minimum Gasteiger partial charge on any atom is -0.462 e. The third kappa shape index (κ3) is 14.7. The summed E-state index contributed by atoms with van der Waals surface area (Å²) in [7, 11) is 1.62. The number of esters is 1. The SMILES string of the molecule is CO[C@@H](C[C@@H](O)C[C@H](OCc1ccccc1)[C@@H](COC(=O)C(C)(C)C)OCc1ccccc1)[C@H](COCc1ccccc1)OCc1ccccc1. The maximum atomic E-state index is 12.9. The molecule has 8 heteroatoms. The Labute approximate surface area is 303 Å². The molecule has 0 unspecified atom stereocenters. The molecule has 4 aromatic rings. The van der Waals surface area contributed by atoms with Crippen molar-refractivity contribution in [2.75, 3.05) is 20.3 Å². The number of benzene rings is 4. The Bertz CT molecular complexity index is 1500. The maximum absolute atomic E-state index is 12.9. The van der Waals surface area contributed by atoms with Crippen LogP contribution in [0.15, 0.2) is 121 Å². The number of aliphatic hydroxyl groups excluding tert-OH is 1. The molecule has 51 heavy (non-hydrogen) atoms. The van der Waals surface area contributed by atoms with Crippen molar-refractivity contribution in [1.82, 2.24) is 0 Å². The highest BCUT2D eigenvalue weighted by Gasteiger charge is 2.33. The van der Waals surface area contributed by atoms with Crippen molar-refractivity contribution >= 4 is 5.97 Å². The van der Waals surface area contributed by atoms with Crippen molar-refractivity contribution in [3.05, 3.63) is 144 Å². The van der Waals surface area contributed by atoms with Gasteiger partial charge in [-0.15, -0.1) is 0 Å². The number of methoxy groups -OCH3 is 1. The van der Waals surface area contributed by atoms with Gasteiger partial charge in [-0.2, -0.15) is 0 Å². The Hall–Kier alpha value is -3.89. The molecule has 0 amide bonds. The lowest BCUT2D eigenvalue weighted by molar-refractivity contribution is -0.166. The average molecular weight is 699 g/mol. The summed E-state index contributed by atoms with van der Waals surface area (Å²) in [6, 6.07) is 39.5. The highest BCUT2D eigenvalue weighted by Crippen LogP contribution is 2.23. The molecular formula is C43H54O8. The summed E-state index contributed by atoms with van der Waals surface area (Å²) >= 11 is 0. The van der Waals surface area contributed by atoms with Crippen molar-refractivity contribution in [2.45, 2.75) is 90.6 Å². The lowest BCUT2D eigenvalue weighted by atomic mass is 9.97. The second-order valence-corrected chi connectivity index (χ2v) is 13.8. The number of ether oxygens (including phenoxy) is 6. The van der Waals surface area contributed by atoms with Crippen LogP contribution in [0.5, 0.6) is 0 Å². The molecule has 0 aliphatic rings. The first-order chi connectivity index (χ1) is 24.7. The van der Waals surface area contributed by atoms with Crippen LogP contribution in [-0.4, -0.2) is 61.9 Å². The fourth-order valence-electron chi connectivity index (χ4n) is 5.46. The molecule has 0 saturated heterocycles. The van der Waals surface area contributed by atoms with E-state index in [1.807, 2.05) is 142 Å². The zero-order valence-electron chi connectivity index (χ0n) is 30.4. The number of hydrogen-bond acceptors (Lipinski definition) is 8. The summed E-state index contributed by atoms with van der Waals surface area (Å²) < 4.78 is 37.2. The van der Waals surface area contributed by atoms with Gasteiger partial charge in [-0.3, -0.25) is 4.79 Å². The number of carbonyl (C=O) groups is 1. The van der Waals surface area contributed by atoms with Crippen molar-refractivity contribution < 1.29 is 38.3 Å². The zero-order valence-corrected chi connectivity index (χ0v) is 30.4. The topological polar surface area (TPSA) is 92.7 Å². The van der Waals surface area contributed by atoms with Crippen molar-refractivity contribution in [3.8, 4) is 0 Å². The van der Waals surface area contributed by atoms with Gasteiger partial charge < -0.3 is 33.5 Å². The maximum Gasteiger partial charge on any atom is 0.311 e. The van der Waals surface area contributed by atoms with Crippen molar-refractivity contribution in [3.63, 3.8) is 0 Å². The molecule has 1 N–H and O–H groups in total. The van der Waals surface area contributed by atoms with E-state index in [2.05, 4.69) is 0 Å². The molecule has 0 saturated carbocycles. The summed E-state index contributed by atoms with van der Waals surface area (Å²) in [6.07, 6.45) is -2.64. The molecular weight excluding hydrogens is 644 g/mol. The molecule has 274 valence electrons. The first kappa shape index (κ1) is 39.9. The van der Waals surface area contributed by atoms with Crippen LogP contribution in [-0.2, 0) is 59.6 Å². The third-order valence-electron chi connectivity index (χ3n) is 8.45. The first-order valence-electron chi connectivity index (χ1n) is 17.7. The summed E-state index contributed by atoms with van der Waals surface area (Å²) in [5.41, 5.74) is 3.34. The summed E-state index contributed by atoms with van der Waals surface area (Å²) in [5.74, 6) is -0.341. The van der Waals surface area contributed by atoms with Gasteiger partial charge in [0.2, 0.25) is 0 Å². The van der Waals surface area contributed by atoms with Gasteiger partial charge in [-0.1, -0.05) is 121 Å². The van der Waals surface area contributed by atoms with Gasteiger partial charge in [0, 0.05) is 20.0 Å². The highest BCUT2D eigenvalue weighted by molar-refractivity contribution is 5.75. The summed E-state index contributed by atoms with van der Waals surface area (Å²) in [6.45, 7) is 7.05. The summed E-state index contributed by atoms with van der Waals surface area (Å²) in [5, 5.41) is 11.7. The second-order valence-electron chi connectivity index (χ2n) is 13.8. The van der Waals surface area contributed by atoms with Gasteiger partial charge >= 0.3 is 5.97 Å². The van der Waals surface area contributed by atoms with Crippen LogP contribution in [0.1, 0.15) is 55.9 Å². The molecule has 0 bridgehead atoms. The van der Waals surface area contributed by atoms with Crippen LogP contribution in [0, 0.1) is 5.41 Å². The Kier molecular flexibility index (Phi) is 16.8. The zero-order chi connectivity index (χ0) is 36.3. The van der Waals surface area contributed by atoms with Crippen LogP contribution in [0.25, 0.3) is 0 Å². The molecule has 0 aromatic heterocycles. The minimum absolute atomic E-state index is 0.0288. The van der Waals surface area contributed by atoms with Crippen molar-refractivity contribution in [2.24, 2.45) is 5.41 Å². The van der Waals surface area contributed by atoms with Crippen LogP contribution in [0.3, 0.4) is 0 Å². The fourth-order valence-corrected chi connectivity index (χ4v) is 5.46. The Morgan fingerprint density at radius 1 is 0.549 bits per heavy atom. The van der Waals surface area contributed by atoms with E-state index in [0.29, 0.717) is 19.8 Å². The monoisotopic (exact) mass is 698 g/mol. The normalized spacial score (nSPS) is 14.7. The fraction of sp³-hybridized carbons (Fsp3) is 0.419. The molecule has 8 nitrogen and oxygen atoms in total. The standard InChI is InChI=1S/C43H54O8/c1-43(2,3)42(45)51-32-41(50-30-36-23-15-8-16-24-36)39(48-28-34-19-11-6-12-20-34)26-37(44)25-38(46-4)40(49-29-35-21-13-7-14-22-35)31-47-27-33-17-9-5-10-18-33/h5-24,37-41,44H,25-32H2,1-4H3/t37-,38+,39+,40+,41-/m1/s1. The van der Waals surface area contributed by atoms with E-state index in [0.717, 1.165) is 22.3 Å². The van der Waals surface area contributed by atoms with Gasteiger partial charge in [0.05, 0.1) is 56.8 Å². The van der Waals surface area contributed by atoms with Gasteiger partial charge in [0.15, 0.2) is 0 Å². The quantitative estimate of drug-likeness (QED) is 0.0836. The highest BCUT2D eigenvalue weighted by atomic mass is 16.6. The van der Waals surface area contributed by atoms with Gasteiger partial charge in [0.1, 0.15) is 18.8 Å². The molecule has 5 atom stereocenters. The lowest BCUT2D eigenvalue weighted by Crippen LogP contribution is -2.42. The molecule has 0 aliphatic heterocycles. The molecule has 0 aliphatic carbocycles. The molecule has 0 radical (unpaired) electrons. The molecule has 0 heterocycles. The first-order valence-corrected chi connectivity index (χ1v) is 17.7. The van der Waals surface area contributed by atoms with E-state index in [4.69, 9.17) is 28.4 Å². The van der Waals surface area contributed by atoms with Gasteiger partial charge in [-0.05, 0) is 43.0 Å². The average Bonchev–Trinajstić information content (AvgIpc) is 3.15. The minimum atomic E-state index is -0.867. The number of rotatable bonds is 22. The van der Waals surface area contributed by atoms with Crippen LogP contribution < -0.4 is 0 Å². The van der Waals surface area contributed by atoms with E-state index < -0.39 is 35.9 Å². The smallest absolute Gasteiger partial charge is 0.311 e. The van der Waals surface area contributed by atoms with E-state index in [1.165, 1.54) is 0 Å². The number of aliphatic hydroxyl groups is 1. The predicted molar refractivity (Wildman–Crippen MR) is 198 cm³/mol. The Balaban J connectivity index is 1.50. The Morgan fingerprint density at radius 2 is 0.922 bits per heavy atom. The predicted octanol–water partition coefficient (Wildman–Crippen LogP) is 7.70. The van der Waals surface area contributed by atoms with Crippen LogP contribution in [0.4, 0.5) is 0 Å². The van der Waals surface area contributed by atoms with Crippen LogP contribution >= 0.6 is 0 Å². The van der Waals surface area contributed by atoms with Gasteiger partial charge in [-0.25, -0.2) is 0 Å². The Morgan fingerprint density at radius 3 is 1.33 bits per heavy atom. The summed E-state index contributed by atoms with van der Waals surface area (Å²) in [4.78, 5) is 12.9. The van der Waals surface area contributed by atoms with E-state index >= 15 is 0 Å². The number of hydrogen-bond donors (Lipinski definition) is 1. The molecule has 0 spiro atoms. The number of carbonyl (C=O) groups excluding carboxylic acids is 1. The van der Waals surface area contributed by atoms with E-state index in [9.17, 15) is 9.90 Å². The molecule has 4 rings (SSSR count). The van der Waals surface area contributed by atoms with Crippen LogP contribution in [0.2, 0.25) is 0 Å². The van der Waals surface area contributed by atoms with Gasteiger partial charge in [0.25, 0.3) is 0 Å². The lowest BCUT2D eigenvalue weighted by Gasteiger charge is -2.32. The molecule has 4 aromatic carbocycles. The van der Waals surface area contributed by atoms with E-state index in [1.54, 1.807) is 7.11 Å².